The maximum atomic E-state index is 5.48. The Hall–Kier alpha value is -7.94. The number of hydrogen-bond donors (Lipinski definition) is 0. The van der Waals surface area contributed by atoms with Crippen molar-refractivity contribution in [3.8, 4) is 67.3 Å². The van der Waals surface area contributed by atoms with Crippen LogP contribution >= 0.6 is 0 Å². The number of benzene rings is 10. The maximum Gasteiger partial charge on any atom is 0.161 e. The molecule has 2 heteroatoms. The van der Waals surface area contributed by atoms with Gasteiger partial charge in [0.15, 0.2) is 5.82 Å². The summed E-state index contributed by atoms with van der Waals surface area (Å²) in [4.78, 5) is 10.9. The second-order valence-electron chi connectivity index (χ2n) is 16.4. The summed E-state index contributed by atoms with van der Waals surface area (Å²) in [5, 5.41) is 7.70. The van der Waals surface area contributed by atoms with Crippen LogP contribution in [0.4, 0.5) is 0 Å². The Labute approximate surface area is 354 Å². The molecule has 2 aliphatic carbocycles. The Kier molecular flexibility index (Phi) is 7.26. The molecule has 11 aromatic rings. The van der Waals surface area contributed by atoms with E-state index >= 15 is 0 Å². The van der Waals surface area contributed by atoms with Crippen molar-refractivity contribution in [1.29, 1.82) is 0 Å². The van der Waals surface area contributed by atoms with Gasteiger partial charge in [-0.15, -0.1) is 0 Å². The summed E-state index contributed by atoms with van der Waals surface area (Å²) in [5.41, 5.74) is 16.9. The van der Waals surface area contributed by atoms with Crippen LogP contribution in [0.15, 0.2) is 218 Å². The molecule has 0 saturated heterocycles. The fraction of sp³-hybridized carbons (Fsp3) is 0.0169. The third-order valence-corrected chi connectivity index (χ3v) is 13.3. The molecule has 0 bridgehead atoms. The van der Waals surface area contributed by atoms with E-state index in [1.807, 2.05) is 0 Å². The Morgan fingerprint density at radius 3 is 1.44 bits per heavy atom. The zero-order valence-corrected chi connectivity index (χ0v) is 33.2. The Morgan fingerprint density at radius 2 is 0.738 bits per heavy atom. The van der Waals surface area contributed by atoms with Gasteiger partial charge in [0.2, 0.25) is 0 Å². The van der Waals surface area contributed by atoms with Crippen LogP contribution in [-0.4, -0.2) is 9.97 Å². The summed E-state index contributed by atoms with van der Waals surface area (Å²) >= 11 is 0. The summed E-state index contributed by atoms with van der Waals surface area (Å²) in [5.74, 6) is 0.715. The summed E-state index contributed by atoms with van der Waals surface area (Å²) in [6, 6.07) is 79.7. The van der Waals surface area contributed by atoms with Crippen LogP contribution < -0.4 is 0 Å². The first kappa shape index (κ1) is 34.0. The third-order valence-electron chi connectivity index (χ3n) is 13.3. The van der Waals surface area contributed by atoms with Crippen molar-refractivity contribution in [3.05, 3.63) is 241 Å². The molecule has 10 aromatic carbocycles. The number of hydrogen-bond acceptors (Lipinski definition) is 2. The summed E-state index contributed by atoms with van der Waals surface area (Å²) in [6.07, 6.45) is 0. The van der Waals surface area contributed by atoms with Crippen LogP contribution in [0.2, 0.25) is 0 Å². The van der Waals surface area contributed by atoms with E-state index in [0.717, 1.165) is 33.6 Å². The maximum absolute atomic E-state index is 5.48. The molecule has 282 valence electrons. The van der Waals surface area contributed by atoms with Crippen LogP contribution in [0.5, 0.6) is 0 Å². The molecule has 1 atom stereocenters. The monoisotopic (exact) mass is 772 g/mol. The molecule has 1 spiro atoms. The highest BCUT2D eigenvalue weighted by Gasteiger charge is 2.52. The lowest BCUT2D eigenvalue weighted by Gasteiger charge is -2.31. The Balaban J connectivity index is 1.10. The average Bonchev–Trinajstić information content (AvgIpc) is 3.81. The summed E-state index contributed by atoms with van der Waals surface area (Å²) < 4.78 is 0. The highest BCUT2D eigenvalue weighted by Crippen LogP contribution is 2.64. The van der Waals surface area contributed by atoms with Crippen molar-refractivity contribution >= 4 is 32.3 Å². The minimum atomic E-state index is -0.543. The van der Waals surface area contributed by atoms with E-state index in [9.17, 15) is 0 Å². The molecule has 0 saturated carbocycles. The first-order valence-corrected chi connectivity index (χ1v) is 21.1. The largest absolute Gasteiger partial charge is 0.228 e. The lowest BCUT2D eigenvalue weighted by Crippen LogP contribution is -2.25. The lowest BCUT2D eigenvalue weighted by atomic mass is 9.70. The molecule has 61 heavy (non-hydrogen) atoms. The molecule has 2 aliphatic rings. The third kappa shape index (κ3) is 4.85. The molecule has 0 fully saturated rings. The van der Waals surface area contributed by atoms with Crippen molar-refractivity contribution in [2.45, 2.75) is 5.41 Å². The molecule has 1 unspecified atom stereocenters. The van der Waals surface area contributed by atoms with E-state index in [1.54, 1.807) is 0 Å². The molecular formula is C59H36N2. The molecule has 1 aromatic heterocycles. The van der Waals surface area contributed by atoms with Gasteiger partial charge in [0.25, 0.3) is 0 Å². The van der Waals surface area contributed by atoms with Gasteiger partial charge < -0.3 is 0 Å². The topological polar surface area (TPSA) is 25.8 Å². The fourth-order valence-corrected chi connectivity index (χ4v) is 10.7. The van der Waals surface area contributed by atoms with Gasteiger partial charge in [-0.3, -0.25) is 0 Å². The molecule has 1 heterocycles. The van der Waals surface area contributed by atoms with Crippen LogP contribution in [0, 0.1) is 0 Å². The number of aromatic nitrogens is 2. The van der Waals surface area contributed by atoms with Gasteiger partial charge in [-0.05, 0) is 112 Å². The van der Waals surface area contributed by atoms with Gasteiger partial charge >= 0.3 is 0 Å². The van der Waals surface area contributed by atoms with Gasteiger partial charge in [0, 0.05) is 16.7 Å². The van der Waals surface area contributed by atoms with Gasteiger partial charge in [0.1, 0.15) is 0 Å². The van der Waals surface area contributed by atoms with Gasteiger partial charge in [-0.25, -0.2) is 9.97 Å². The van der Waals surface area contributed by atoms with Crippen molar-refractivity contribution < 1.29 is 0 Å². The zero-order valence-electron chi connectivity index (χ0n) is 33.2. The van der Waals surface area contributed by atoms with Crippen molar-refractivity contribution in [3.63, 3.8) is 0 Å². The highest BCUT2D eigenvalue weighted by atomic mass is 14.9. The number of nitrogens with zero attached hydrogens (tertiary/aromatic N) is 2. The smallest absolute Gasteiger partial charge is 0.161 e. The molecule has 0 N–H and O–H groups in total. The van der Waals surface area contributed by atoms with E-state index in [4.69, 9.17) is 9.97 Å². The molecule has 0 amide bonds. The minimum Gasteiger partial charge on any atom is -0.228 e. The van der Waals surface area contributed by atoms with Crippen molar-refractivity contribution in [2.24, 2.45) is 0 Å². The predicted octanol–water partition coefficient (Wildman–Crippen LogP) is 14.9. The van der Waals surface area contributed by atoms with Crippen LogP contribution in [-0.2, 0) is 5.41 Å². The molecule has 13 rings (SSSR count). The molecule has 2 nitrogen and oxygen atoms in total. The predicted molar refractivity (Wildman–Crippen MR) is 253 cm³/mol. The van der Waals surface area contributed by atoms with E-state index in [-0.39, 0.29) is 0 Å². The van der Waals surface area contributed by atoms with Crippen molar-refractivity contribution in [2.75, 3.05) is 0 Å². The molecule has 0 radical (unpaired) electrons. The average molecular weight is 773 g/mol. The lowest BCUT2D eigenvalue weighted by molar-refractivity contribution is 0.795. The molecular weight excluding hydrogens is 737 g/mol. The van der Waals surface area contributed by atoms with Crippen LogP contribution in [0.25, 0.3) is 99.6 Å². The van der Waals surface area contributed by atoms with Gasteiger partial charge in [0.05, 0.1) is 16.8 Å². The van der Waals surface area contributed by atoms with Crippen molar-refractivity contribution in [1.82, 2.24) is 9.97 Å². The first-order chi connectivity index (χ1) is 30.3. The van der Waals surface area contributed by atoms with Gasteiger partial charge in [-0.2, -0.15) is 0 Å². The second-order valence-corrected chi connectivity index (χ2v) is 16.4. The second kappa shape index (κ2) is 13.0. The van der Waals surface area contributed by atoms with Crippen LogP contribution in [0.3, 0.4) is 0 Å². The first-order valence-electron chi connectivity index (χ1n) is 21.1. The summed E-state index contributed by atoms with van der Waals surface area (Å²) in [7, 11) is 0. The zero-order chi connectivity index (χ0) is 40.1. The fourth-order valence-electron chi connectivity index (χ4n) is 10.7. The Bertz CT molecular complexity index is 3590. The minimum absolute atomic E-state index is 0.543. The Morgan fingerprint density at radius 1 is 0.262 bits per heavy atom. The van der Waals surface area contributed by atoms with Gasteiger partial charge in [-0.1, -0.05) is 194 Å². The van der Waals surface area contributed by atoms with Crippen LogP contribution in [0.1, 0.15) is 22.3 Å². The normalized spacial score (nSPS) is 14.6. The number of fused-ring (bicyclic) bond motifs is 16. The summed E-state index contributed by atoms with van der Waals surface area (Å²) in [6.45, 7) is 0. The SMILES string of the molecule is c1ccc(-c2cccc(-c3cc(-c4ccccc4)nc(-c4cccc5c4-c4ccccc4C54c5ccccc5-c5cc6c7ccccc7c7ccccc7c6cc54)n3)c2)cc1. The van der Waals surface area contributed by atoms with E-state index in [2.05, 4.69) is 218 Å². The standard InChI is InChI=1S/C59H36N2/c1-3-17-37(18-4-1)39-21-15-22-40(33-39)56-36-55(38-19-5-2-6-20-38)60-58(61-56)47-29-16-32-53-57(47)46-28-12-14-31-52(46)59(53)51-30-13-11-27-45(51)50-34-48-43-25-9-7-23-41(43)42-24-8-10-26-44(42)49(48)35-54(50)59/h1-36H. The quantitative estimate of drug-likeness (QED) is 0.167. The van der Waals surface area contributed by atoms with E-state index in [0.29, 0.717) is 5.82 Å². The number of rotatable bonds is 4. The van der Waals surface area contributed by atoms with E-state index < -0.39 is 5.41 Å². The highest BCUT2D eigenvalue weighted by molar-refractivity contribution is 6.26. The van der Waals surface area contributed by atoms with E-state index in [1.165, 1.54) is 82.4 Å². The molecule has 0 aliphatic heterocycles.